The molecule has 2 rings (SSSR count). The molecule has 0 heterocycles. The monoisotopic (exact) mass is 264 g/mol. The van der Waals surface area contributed by atoms with E-state index in [0.29, 0.717) is 5.56 Å². The largest absolute Gasteiger partial charge is 0.313 e. The molecule has 1 aromatic rings. The third-order valence-electron chi connectivity index (χ3n) is 4.12. The highest BCUT2D eigenvalue weighted by atomic mass is 19.1. The molecule has 0 bridgehead atoms. The molecule has 1 atom stereocenters. The van der Waals surface area contributed by atoms with Crippen LogP contribution in [0.5, 0.6) is 0 Å². The summed E-state index contributed by atoms with van der Waals surface area (Å²) in [6.45, 7) is 6.23. The molecule has 0 spiro atoms. The average Bonchev–Trinajstić information content (AvgIpc) is 3.23. The summed E-state index contributed by atoms with van der Waals surface area (Å²) in [7, 11) is 1.95. The molecular weight excluding hydrogens is 239 g/mol. The number of nitrogens with zero attached hydrogens (tertiary/aromatic N) is 1. The Labute approximate surface area is 116 Å². The molecule has 1 aromatic carbocycles. The van der Waals surface area contributed by atoms with Gasteiger partial charge in [0.2, 0.25) is 0 Å². The molecule has 1 saturated carbocycles. The van der Waals surface area contributed by atoms with E-state index in [1.54, 1.807) is 13.0 Å². The molecule has 0 radical (unpaired) electrons. The van der Waals surface area contributed by atoms with Gasteiger partial charge in [-0.05, 0) is 57.0 Å². The first kappa shape index (κ1) is 14.5. The number of rotatable bonds is 7. The molecule has 0 aromatic heterocycles. The normalized spacial score (nSPS) is 16.9. The minimum atomic E-state index is -0.104. The van der Waals surface area contributed by atoms with E-state index in [1.165, 1.54) is 12.8 Å². The maximum absolute atomic E-state index is 13.6. The first-order chi connectivity index (χ1) is 9.15. The molecule has 106 valence electrons. The van der Waals surface area contributed by atoms with Gasteiger partial charge in [-0.15, -0.1) is 0 Å². The van der Waals surface area contributed by atoms with E-state index < -0.39 is 0 Å². The van der Waals surface area contributed by atoms with Crippen LogP contribution in [0.4, 0.5) is 4.39 Å². The second kappa shape index (κ2) is 6.49. The number of halogens is 1. The first-order valence-electron chi connectivity index (χ1n) is 7.33. The second-order valence-corrected chi connectivity index (χ2v) is 5.50. The predicted molar refractivity (Wildman–Crippen MR) is 77.8 cm³/mol. The van der Waals surface area contributed by atoms with Gasteiger partial charge in [-0.25, -0.2) is 4.39 Å². The molecule has 3 heteroatoms. The van der Waals surface area contributed by atoms with E-state index in [-0.39, 0.29) is 11.9 Å². The van der Waals surface area contributed by atoms with Crippen LogP contribution < -0.4 is 5.32 Å². The maximum Gasteiger partial charge on any atom is 0.126 e. The van der Waals surface area contributed by atoms with E-state index in [0.717, 1.165) is 31.1 Å². The van der Waals surface area contributed by atoms with Crippen molar-refractivity contribution in [1.82, 2.24) is 10.2 Å². The highest BCUT2D eigenvalue weighted by Gasteiger charge is 2.27. The van der Waals surface area contributed by atoms with Crippen molar-refractivity contribution in [2.45, 2.75) is 45.2 Å². The lowest BCUT2D eigenvalue weighted by Crippen LogP contribution is -2.30. The Kier molecular flexibility index (Phi) is 4.94. The predicted octanol–water partition coefficient (Wildman–Crippen LogP) is 3.27. The van der Waals surface area contributed by atoms with Crippen LogP contribution >= 0.6 is 0 Å². The summed E-state index contributed by atoms with van der Waals surface area (Å²) in [6, 6.07) is 6.62. The zero-order valence-electron chi connectivity index (χ0n) is 12.2. The topological polar surface area (TPSA) is 15.3 Å². The number of hydrogen-bond donors (Lipinski definition) is 1. The number of aryl methyl sites for hydroxylation is 1. The fraction of sp³-hybridized carbons (Fsp3) is 0.625. The molecule has 1 unspecified atom stereocenters. The lowest BCUT2D eigenvalue weighted by atomic mass is 10.0. The third-order valence-corrected chi connectivity index (χ3v) is 4.12. The van der Waals surface area contributed by atoms with E-state index in [9.17, 15) is 4.39 Å². The van der Waals surface area contributed by atoms with Crippen LogP contribution in [0, 0.1) is 12.7 Å². The third kappa shape index (κ3) is 3.77. The molecule has 1 aliphatic carbocycles. The summed E-state index contributed by atoms with van der Waals surface area (Å²) in [5, 5.41) is 3.31. The smallest absolute Gasteiger partial charge is 0.126 e. The Hall–Kier alpha value is -0.930. The SMILES string of the molecule is CCN(CCC(NC)c1ccc(C)c(F)c1)C1CC1. The molecule has 0 saturated heterocycles. The van der Waals surface area contributed by atoms with E-state index in [2.05, 4.69) is 17.1 Å². The Morgan fingerprint density at radius 1 is 1.42 bits per heavy atom. The van der Waals surface area contributed by atoms with Crippen molar-refractivity contribution in [2.24, 2.45) is 0 Å². The molecule has 1 fully saturated rings. The van der Waals surface area contributed by atoms with Gasteiger partial charge in [0.25, 0.3) is 0 Å². The van der Waals surface area contributed by atoms with Crippen LogP contribution in [0.3, 0.4) is 0 Å². The number of benzene rings is 1. The van der Waals surface area contributed by atoms with Crippen LogP contribution in [-0.4, -0.2) is 31.1 Å². The molecule has 0 amide bonds. The minimum Gasteiger partial charge on any atom is -0.313 e. The van der Waals surface area contributed by atoms with Crippen molar-refractivity contribution >= 4 is 0 Å². The van der Waals surface area contributed by atoms with Gasteiger partial charge in [0.05, 0.1) is 0 Å². The summed E-state index contributed by atoms with van der Waals surface area (Å²) in [4.78, 5) is 2.54. The lowest BCUT2D eigenvalue weighted by molar-refractivity contribution is 0.261. The fourth-order valence-corrected chi connectivity index (χ4v) is 2.64. The fourth-order valence-electron chi connectivity index (χ4n) is 2.64. The Morgan fingerprint density at radius 3 is 2.68 bits per heavy atom. The van der Waals surface area contributed by atoms with E-state index in [4.69, 9.17) is 0 Å². The van der Waals surface area contributed by atoms with Crippen LogP contribution in [0.1, 0.15) is 43.4 Å². The zero-order chi connectivity index (χ0) is 13.8. The Bertz CT molecular complexity index is 415. The molecular formula is C16H25FN2. The first-order valence-corrected chi connectivity index (χ1v) is 7.33. The van der Waals surface area contributed by atoms with Crippen molar-refractivity contribution in [1.29, 1.82) is 0 Å². The molecule has 0 aliphatic heterocycles. The summed E-state index contributed by atoms with van der Waals surface area (Å²) < 4.78 is 13.6. The number of hydrogen-bond acceptors (Lipinski definition) is 2. The van der Waals surface area contributed by atoms with Crippen LogP contribution in [0.25, 0.3) is 0 Å². The molecule has 1 N–H and O–H groups in total. The van der Waals surface area contributed by atoms with Crippen LogP contribution in [-0.2, 0) is 0 Å². The molecule has 2 nitrogen and oxygen atoms in total. The molecule has 1 aliphatic rings. The van der Waals surface area contributed by atoms with Gasteiger partial charge < -0.3 is 10.2 Å². The summed E-state index contributed by atoms with van der Waals surface area (Å²) in [5.41, 5.74) is 1.77. The van der Waals surface area contributed by atoms with Crippen LogP contribution in [0.2, 0.25) is 0 Å². The molecule has 19 heavy (non-hydrogen) atoms. The van der Waals surface area contributed by atoms with Crippen molar-refractivity contribution < 1.29 is 4.39 Å². The Morgan fingerprint density at radius 2 is 2.16 bits per heavy atom. The standard InChI is InChI=1S/C16H25FN2/c1-4-19(14-7-8-14)10-9-16(18-3)13-6-5-12(2)15(17)11-13/h5-6,11,14,16,18H,4,7-10H2,1-3H3. The minimum absolute atomic E-state index is 0.104. The lowest BCUT2D eigenvalue weighted by Gasteiger charge is -2.24. The van der Waals surface area contributed by atoms with Gasteiger partial charge in [0, 0.05) is 18.6 Å². The van der Waals surface area contributed by atoms with Crippen molar-refractivity contribution in [3.05, 3.63) is 35.1 Å². The van der Waals surface area contributed by atoms with E-state index >= 15 is 0 Å². The Balaban J connectivity index is 1.96. The summed E-state index contributed by atoms with van der Waals surface area (Å²) >= 11 is 0. The highest BCUT2D eigenvalue weighted by molar-refractivity contribution is 5.25. The van der Waals surface area contributed by atoms with Gasteiger partial charge in [-0.3, -0.25) is 0 Å². The second-order valence-electron chi connectivity index (χ2n) is 5.50. The number of nitrogens with one attached hydrogen (secondary N) is 1. The van der Waals surface area contributed by atoms with Gasteiger partial charge >= 0.3 is 0 Å². The van der Waals surface area contributed by atoms with Gasteiger partial charge in [-0.1, -0.05) is 19.1 Å². The maximum atomic E-state index is 13.6. The van der Waals surface area contributed by atoms with Gasteiger partial charge in [0.1, 0.15) is 5.82 Å². The highest BCUT2D eigenvalue weighted by Crippen LogP contribution is 2.28. The summed E-state index contributed by atoms with van der Waals surface area (Å²) in [5.74, 6) is -0.104. The van der Waals surface area contributed by atoms with Crippen molar-refractivity contribution in [3.63, 3.8) is 0 Å². The van der Waals surface area contributed by atoms with Crippen LogP contribution in [0.15, 0.2) is 18.2 Å². The summed E-state index contributed by atoms with van der Waals surface area (Å²) in [6.07, 6.45) is 3.72. The quantitative estimate of drug-likeness (QED) is 0.813. The average molecular weight is 264 g/mol. The van der Waals surface area contributed by atoms with Gasteiger partial charge in [-0.2, -0.15) is 0 Å². The van der Waals surface area contributed by atoms with E-state index in [1.807, 2.05) is 19.2 Å². The zero-order valence-corrected chi connectivity index (χ0v) is 12.2. The van der Waals surface area contributed by atoms with Crippen molar-refractivity contribution in [2.75, 3.05) is 20.1 Å². The van der Waals surface area contributed by atoms with Crippen molar-refractivity contribution in [3.8, 4) is 0 Å². The van der Waals surface area contributed by atoms with Gasteiger partial charge in [0.15, 0.2) is 0 Å².